The van der Waals surface area contributed by atoms with Gasteiger partial charge in [0.15, 0.2) is 0 Å². The maximum atomic E-state index is 10.8. The normalized spacial score (nSPS) is 18.8. The van der Waals surface area contributed by atoms with Crippen LogP contribution in [0.1, 0.15) is 18.6 Å². The number of benzene rings is 2. The molecule has 1 N–H and O–H groups in total. The van der Waals surface area contributed by atoms with Gasteiger partial charge in [0.1, 0.15) is 0 Å². The standard InChI is InChI=1S/C21H23NOP.C5H5.B.Ru/c1-17(21(23)18-11-5-3-6-12-18)22(2)24(20-15-9-10-16-20)19-13-7-4-8-14-19;1-2-4-5-3-1;;/h3-17,21,23H,1-2H3;1-5H;;/q;;;+2/t17-,21-,24+;;;/m1.../s1. The number of hydrogen-bond acceptors (Lipinski definition) is 2. The predicted octanol–water partition coefficient (Wildman–Crippen LogP) is 4.76. The van der Waals surface area contributed by atoms with E-state index in [1.165, 1.54) is 11.0 Å². The van der Waals surface area contributed by atoms with E-state index in [2.05, 4.69) is 68.6 Å². The minimum Gasteiger partial charge on any atom is -0.387 e. The molecule has 0 spiro atoms. The van der Waals surface area contributed by atoms with Gasteiger partial charge in [0.2, 0.25) is 0 Å². The van der Waals surface area contributed by atoms with Crippen molar-refractivity contribution in [3.05, 3.63) is 130 Å². The number of aliphatic hydroxyl groups excluding tert-OH is 1. The molecule has 0 aromatic heterocycles. The van der Waals surface area contributed by atoms with Crippen molar-refractivity contribution in [2.24, 2.45) is 0 Å². The van der Waals surface area contributed by atoms with Crippen molar-refractivity contribution < 1.29 is 24.6 Å². The second kappa shape index (κ2) is 15.3. The van der Waals surface area contributed by atoms with Crippen molar-refractivity contribution in [3.8, 4) is 0 Å². The van der Waals surface area contributed by atoms with E-state index in [0.29, 0.717) is 0 Å². The van der Waals surface area contributed by atoms with Crippen LogP contribution >= 0.6 is 8.07 Å². The quantitative estimate of drug-likeness (QED) is 0.445. The Hall–Kier alpha value is -0.522. The van der Waals surface area contributed by atoms with Crippen LogP contribution in [0.4, 0.5) is 0 Å². The molecule has 13 radical (unpaired) electrons. The summed E-state index contributed by atoms with van der Waals surface area (Å²) in [5.74, 6) is 0. The van der Waals surface area contributed by atoms with Gasteiger partial charge in [0, 0.05) is 28.2 Å². The van der Waals surface area contributed by atoms with Crippen molar-refractivity contribution in [3.63, 3.8) is 0 Å². The van der Waals surface area contributed by atoms with Crippen LogP contribution in [0.15, 0.2) is 60.7 Å². The largest absolute Gasteiger partial charge is 2.00 e. The van der Waals surface area contributed by atoms with Gasteiger partial charge in [-0.3, -0.25) is 4.67 Å². The summed E-state index contributed by atoms with van der Waals surface area (Å²) in [4.78, 5) is 0. The maximum Gasteiger partial charge on any atom is 2.00 e. The second-order valence-electron chi connectivity index (χ2n) is 6.92. The molecule has 0 unspecified atom stereocenters. The van der Waals surface area contributed by atoms with Crippen molar-refractivity contribution in [2.75, 3.05) is 7.05 Å². The molecule has 0 bridgehead atoms. The topological polar surface area (TPSA) is 23.5 Å². The van der Waals surface area contributed by atoms with Gasteiger partial charge in [-0.15, -0.1) is 0 Å². The first-order chi connectivity index (χ1) is 14.2. The maximum absolute atomic E-state index is 10.8. The van der Waals surface area contributed by atoms with Crippen LogP contribution in [0.5, 0.6) is 0 Å². The van der Waals surface area contributed by atoms with Crippen molar-refractivity contribution in [2.45, 2.75) is 19.1 Å². The molecule has 0 aliphatic heterocycles. The van der Waals surface area contributed by atoms with Gasteiger partial charge in [-0.2, -0.15) is 0 Å². The molecular formula is C26H28BNOPRu+2. The van der Waals surface area contributed by atoms with Gasteiger partial charge in [0.05, 0.1) is 6.10 Å². The molecule has 0 saturated heterocycles. The van der Waals surface area contributed by atoms with E-state index in [9.17, 15) is 5.11 Å². The Morgan fingerprint density at radius 3 is 1.68 bits per heavy atom. The molecule has 2 aliphatic rings. The summed E-state index contributed by atoms with van der Waals surface area (Å²) in [6, 6.07) is 20.5. The zero-order chi connectivity index (χ0) is 20.5. The van der Waals surface area contributed by atoms with E-state index in [1.807, 2.05) is 68.5 Å². The third-order valence-corrected chi connectivity index (χ3v) is 7.52. The van der Waals surface area contributed by atoms with E-state index < -0.39 is 14.2 Å². The Kier molecular flexibility index (Phi) is 14.1. The van der Waals surface area contributed by atoms with Crippen LogP contribution in [0.2, 0.25) is 0 Å². The number of rotatable bonds is 6. The average molecular weight is 513 g/mol. The van der Waals surface area contributed by atoms with Crippen LogP contribution in [0.25, 0.3) is 0 Å². The monoisotopic (exact) mass is 514 g/mol. The molecule has 3 atom stereocenters. The molecule has 2 aromatic carbocycles. The summed E-state index contributed by atoms with van der Waals surface area (Å²) in [7, 11) is 1.45. The van der Waals surface area contributed by atoms with Crippen molar-refractivity contribution in [1.82, 2.24) is 4.67 Å². The molecule has 2 saturated carbocycles. The first-order valence-electron chi connectivity index (χ1n) is 9.88. The molecule has 157 valence electrons. The van der Waals surface area contributed by atoms with E-state index in [4.69, 9.17) is 0 Å². The molecule has 31 heavy (non-hydrogen) atoms. The Labute approximate surface area is 206 Å². The van der Waals surface area contributed by atoms with Crippen LogP contribution < -0.4 is 5.30 Å². The average Bonchev–Trinajstić information content (AvgIpc) is 3.51. The second-order valence-corrected chi connectivity index (χ2v) is 9.21. The van der Waals surface area contributed by atoms with E-state index in [0.717, 1.165) is 5.56 Å². The molecule has 2 fully saturated rings. The smallest absolute Gasteiger partial charge is 0.387 e. The molecule has 0 amide bonds. The zero-order valence-corrected chi connectivity index (χ0v) is 20.5. The molecular weight excluding hydrogens is 485 g/mol. The summed E-state index contributed by atoms with van der Waals surface area (Å²) in [6.45, 7) is 2.10. The van der Waals surface area contributed by atoms with E-state index in [-0.39, 0.29) is 33.9 Å². The first kappa shape index (κ1) is 28.5. The number of hydrogen-bond donors (Lipinski definition) is 1. The van der Waals surface area contributed by atoms with Gasteiger partial charge < -0.3 is 5.11 Å². The first-order valence-corrected chi connectivity index (χ1v) is 11.2. The molecule has 2 nitrogen and oxygen atoms in total. The Balaban J connectivity index is 0.000000606. The molecule has 4 rings (SSSR count). The summed E-state index contributed by atoms with van der Waals surface area (Å²) >= 11 is 0. The van der Waals surface area contributed by atoms with Crippen LogP contribution in [-0.4, -0.2) is 31.3 Å². The minimum absolute atomic E-state index is 0. The van der Waals surface area contributed by atoms with Gasteiger partial charge in [0.25, 0.3) is 0 Å². The van der Waals surface area contributed by atoms with Crippen LogP contribution in [-0.2, 0) is 19.5 Å². The summed E-state index contributed by atoms with van der Waals surface area (Å²) < 4.78 is 2.32. The molecule has 0 heterocycles. The fourth-order valence-electron chi connectivity index (χ4n) is 3.22. The van der Waals surface area contributed by atoms with E-state index in [1.54, 1.807) is 0 Å². The minimum atomic E-state index is -0.664. The van der Waals surface area contributed by atoms with Crippen LogP contribution in [0, 0.1) is 63.4 Å². The molecule has 2 aliphatic carbocycles. The predicted molar refractivity (Wildman–Crippen MR) is 129 cm³/mol. The van der Waals surface area contributed by atoms with Crippen molar-refractivity contribution in [1.29, 1.82) is 0 Å². The van der Waals surface area contributed by atoms with Crippen molar-refractivity contribution >= 4 is 21.8 Å². The van der Waals surface area contributed by atoms with Gasteiger partial charge in [-0.25, -0.2) is 0 Å². The Morgan fingerprint density at radius 1 is 0.742 bits per heavy atom. The zero-order valence-electron chi connectivity index (χ0n) is 17.9. The van der Waals surface area contributed by atoms with Gasteiger partial charge in [-0.1, -0.05) is 60.7 Å². The van der Waals surface area contributed by atoms with Crippen LogP contribution in [0.3, 0.4) is 0 Å². The fraction of sp³-hybridized carbons (Fsp3) is 0.154. The third-order valence-electron chi connectivity index (χ3n) is 4.95. The van der Waals surface area contributed by atoms with E-state index >= 15 is 0 Å². The Morgan fingerprint density at radius 2 is 1.19 bits per heavy atom. The number of likely N-dealkylation sites (N-methyl/N-ethyl adjacent to an activating group) is 1. The SMILES string of the molecule is C[C@H]([C@@H](O)c1ccccc1)N(C)[P@]([C]1[CH][CH][CH][CH]1)c1ccccc1.[B].[CH]1[CH][CH][CH][CH]1.[Ru+2]. The van der Waals surface area contributed by atoms with Gasteiger partial charge in [-0.05, 0) is 82.6 Å². The third kappa shape index (κ3) is 8.40. The summed E-state index contributed by atoms with van der Waals surface area (Å²) in [5.41, 5.74) is 2.27. The summed E-state index contributed by atoms with van der Waals surface area (Å²) in [6.07, 6.45) is 18.0. The Bertz CT molecular complexity index is 687. The summed E-state index contributed by atoms with van der Waals surface area (Å²) in [5, 5.41) is 12.1. The molecule has 2 aromatic rings. The van der Waals surface area contributed by atoms with Gasteiger partial charge >= 0.3 is 19.5 Å². The number of nitrogens with zero attached hydrogens (tertiary/aromatic N) is 1. The molecule has 5 heteroatoms. The number of aliphatic hydroxyl groups is 1. The fourth-order valence-corrected chi connectivity index (χ4v) is 5.65.